The molecule has 1 atom stereocenters. The minimum atomic E-state index is -0.471. The van der Waals surface area contributed by atoms with Gasteiger partial charge in [0.15, 0.2) is 5.78 Å². The van der Waals surface area contributed by atoms with Crippen molar-refractivity contribution in [2.24, 2.45) is 0 Å². The summed E-state index contributed by atoms with van der Waals surface area (Å²) in [5, 5.41) is 29.5. The van der Waals surface area contributed by atoms with Crippen molar-refractivity contribution < 1.29 is 15.0 Å². The molecule has 2 aromatic rings. The fourth-order valence-corrected chi connectivity index (χ4v) is 4.06. The normalized spacial score (nSPS) is 16.6. The van der Waals surface area contributed by atoms with E-state index in [1.165, 1.54) is 0 Å². The van der Waals surface area contributed by atoms with Crippen LogP contribution in [0.5, 0.6) is 5.75 Å². The molecule has 1 aliphatic rings. The van der Waals surface area contributed by atoms with Gasteiger partial charge in [-0.3, -0.25) is 10.2 Å². The van der Waals surface area contributed by atoms with Gasteiger partial charge in [-0.15, -0.1) is 0 Å². The average Bonchev–Trinajstić information content (AvgIpc) is 2.91. The number of carbonyl (C=O) groups is 1. The van der Waals surface area contributed by atoms with Gasteiger partial charge in [-0.1, -0.05) is 47.6 Å². The number of fused-ring (bicyclic) bond motifs is 1. The van der Waals surface area contributed by atoms with Gasteiger partial charge in [-0.2, -0.15) is 0 Å². The second-order valence-electron chi connectivity index (χ2n) is 10.4. The van der Waals surface area contributed by atoms with Crippen LogP contribution in [0.3, 0.4) is 0 Å². The molecule has 31 heavy (non-hydrogen) atoms. The van der Waals surface area contributed by atoms with Crippen molar-refractivity contribution in [2.75, 3.05) is 13.2 Å². The van der Waals surface area contributed by atoms with Crippen LogP contribution in [0.1, 0.15) is 86.0 Å². The van der Waals surface area contributed by atoms with Crippen molar-refractivity contribution in [3.63, 3.8) is 0 Å². The van der Waals surface area contributed by atoms with Gasteiger partial charge in [0.25, 0.3) is 0 Å². The number of aryl methyl sites for hydroxylation is 1. The van der Waals surface area contributed by atoms with Gasteiger partial charge in [0.2, 0.25) is 0 Å². The van der Waals surface area contributed by atoms with Gasteiger partial charge in [-0.25, -0.2) is 4.98 Å². The molecule has 3 N–H and O–H groups in total. The first-order valence-electron chi connectivity index (χ1n) is 10.6. The zero-order valence-electron chi connectivity index (χ0n) is 19.5. The molecule has 1 aromatic heterocycles. The highest BCUT2D eigenvalue weighted by molar-refractivity contribution is 6.05. The molecule has 166 valence electrons. The van der Waals surface area contributed by atoms with Crippen LogP contribution in [0.2, 0.25) is 0 Å². The Balaban J connectivity index is 2.01. The molecule has 1 aromatic carbocycles. The number of phenolic OH excluding ortho intramolecular Hbond substituents is 1. The zero-order chi connectivity index (χ0) is 23.3. The summed E-state index contributed by atoms with van der Waals surface area (Å²) in [5.41, 5.74) is 3.33. The standard InChI is InChI=1S/C25H33N3O3/c1-14-8-9-16-19(13-29)28(23(26)21(16)27-14)12-20(30)15-10-17(24(2,3)4)22(31)18(11-15)25(5,6)7/h8-11,19,26,29,31H,12-13H2,1-7H3. The lowest BCUT2D eigenvalue weighted by Gasteiger charge is -2.29. The van der Waals surface area contributed by atoms with E-state index in [-0.39, 0.29) is 41.3 Å². The number of rotatable bonds is 4. The first-order chi connectivity index (χ1) is 14.3. The first-order valence-corrected chi connectivity index (χ1v) is 10.6. The van der Waals surface area contributed by atoms with E-state index in [1.54, 1.807) is 17.0 Å². The number of hydrogen-bond acceptors (Lipinski definition) is 5. The number of nitrogens with one attached hydrogen (secondary N) is 1. The highest BCUT2D eigenvalue weighted by Gasteiger charge is 2.37. The molecule has 3 rings (SSSR count). The summed E-state index contributed by atoms with van der Waals surface area (Å²) in [5.74, 6) is 0.214. The number of aromatic hydroxyl groups is 1. The van der Waals surface area contributed by atoms with E-state index in [4.69, 9.17) is 5.41 Å². The van der Waals surface area contributed by atoms with E-state index in [0.717, 1.165) is 22.4 Å². The number of pyridine rings is 1. The number of aromatic nitrogens is 1. The molecule has 1 unspecified atom stereocenters. The second kappa shape index (κ2) is 7.75. The summed E-state index contributed by atoms with van der Waals surface area (Å²) in [7, 11) is 0. The number of nitrogens with zero attached hydrogens (tertiary/aromatic N) is 2. The minimum Gasteiger partial charge on any atom is -0.507 e. The van der Waals surface area contributed by atoms with Gasteiger partial charge < -0.3 is 15.1 Å². The maximum atomic E-state index is 13.4. The van der Waals surface area contributed by atoms with Crippen LogP contribution in [0.4, 0.5) is 0 Å². The smallest absolute Gasteiger partial charge is 0.182 e. The predicted octanol–water partition coefficient (Wildman–Crippen LogP) is 4.25. The lowest BCUT2D eigenvalue weighted by molar-refractivity contribution is 0.0930. The molecule has 0 radical (unpaired) electrons. The van der Waals surface area contributed by atoms with E-state index in [2.05, 4.69) is 4.98 Å². The maximum Gasteiger partial charge on any atom is 0.182 e. The monoisotopic (exact) mass is 423 g/mol. The number of amidine groups is 1. The quantitative estimate of drug-likeness (QED) is 0.639. The van der Waals surface area contributed by atoms with E-state index < -0.39 is 6.04 Å². The topological polar surface area (TPSA) is 97.5 Å². The molecular weight excluding hydrogens is 390 g/mol. The van der Waals surface area contributed by atoms with Crippen LogP contribution >= 0.6 is 0 Å². The number of aliphatic hydroxyl groups excluding tert-OH is 1. The minimum absolute atomic E-state index is 0.0442. The summed E-state index contributed by atoms with van der Waals surface area (Å²) in [6.45, 7) is 13.6. The molecular formula is C25H33N3O3. The molecule has 0 amide bonds. The van der Waals surface area contributed by atoms with E-state index >= 15 is 0 Å². The molecule has 2 heterocycles. The maximum absolute atomic E-state index is 13.4. The Kier molecular flexibility index (Phi) is 5.74. The van der Waals surface area contributed by atoms with Gasteiger partial charge in [-0.05, 0) is 36.0 Å². The van der Waals surface area contributed by atoms with Crippen LogP contribution < -0.4 is 0 Å². The van der Waals surface area contributed by atoms with Crippen molar-refractivity contribution in [1.29, 1.82) is 5.41 Å². The fourth-order valence-electron chi connectivity index (χ4n) is 4.06. The lowest BCUT2D eigenvalue weighted by atomic mass is 9.78. The van der Waals surface area contributed by atoms with Crippen LogP contribution in [0.25, 0.3) is 0 Å². The Hall–Kier alpha value is -2.73. The highest BCUT2D eigenvalue weighted by Crippen LogP contribution is 2.40. The van der Waals surface area contributed by atoms with E-state index in [9.17, 15) is 15.0 Å². The SMILES string of the molecule is Cc1ccc2c(n1)C(=N)N(CC(=O)c1cc(C(C)(C)C)c(O)c(C(C)(C)C)c1)C2CO. The fraction of sp³-hybridized carbons (Fsp3) is 0.480. The number of carbonyl (C=O) groups excluding carboxylic acids is 1. The first kappa shape index (κ1) is 22.9. The van der Waals surface area contributed by atoms with E-state index in [0.29, 0.717) is 11.3 Å². The molecule has 0 saturated carbocycles. The number of ketones is 1. The van der Waals surface area contributed by atoms with Crippen LogP contribution in [-0.2, 0) is 10.8 Å². The summed E-state index contributed by atoms with van der Waals surface area (Å²) in [4.78, 5) is 19.4. The third kappa shape index (κ3) is 4.22. The predicted molar refractivity (Wildman–Crippen MR) is 122 cm³/mol. The molecule has 0 fully saturated rings. The van der Waals surface area contributed by atoms with Crippen LogP contribution in [0, 0.1) is 12.3 Å². The van der Waals surface area contributed by atoms with Crippen molar-refractivity contribution in [2.45, 2.75) is 65.3 Å². The largest absolute Gasteiger partial charge is 0.507 e. The molecule has 6 nitrogen and oxygen atoms in total. The Morgan fingerprint density at radius 3 is 2.13 bits per heavy atom. The highest BCUT2D eigenvalue weighted by atomic mass is 16.3. The van der Waals surface area contributed by atoms with Gasteiger partial charge in [0.1, 0.15) is 17.3 Å². The van der Waals surface area contributed by atoms with Crippen molar-refractivity contribution in [3.8, 4) is 5.75 Å². The summed E-state index contributed by atoms with van der Waals surface area (Å²) in [6.07, 6.45) is 0. The number of Topliss-reactive ketones (excluding diaryl/α,β-unsaturated/α-hetero) is 1. The van der Waals surface area contributed by atoms with Gasteiger partial charge in [0.05, 0.1) is 19.2 Å². The Morgan fingerprint density at radius 1 is 1.10 bits per heavy atom. The third-order valence-corrected chi connectivity index (χ3v) is 5.85. The zero-order valence-corrected chi connectivity index (χ0v) is 19.5. The summed E-state index contributed by atoms with van der Waals surface area (Å²) >= 11 is 0. The Bertz CT molecular complexity index is 1010. The van der Waals surface area contributed by atoms with Crippen molar-refractivity contribution in [1.82, 2.24) is 9.88 Å². The van der Waals surface area contributed by atoms with Crippen molar-refractivity contribution >= 4 is 11.6 Å². The third-order valence-electron chi connectivity index (χ3n) is 5.85. The number of aliphatic hydroxyl groups is 1. The molecule has 0 saturated heterocycles. The average molecular weight is 424 g/mol. The van der Waals surface area contributed by atoms with E-state index in [1.807, 2.05) is 60.6 Å². The molecule has 1 aliphatic heterocycles. The molecule has 0 aliphatic carbocycles. The molecule has 6 heteroatoms. The van der Waals surface area contributed by atoms with Crippen LogP contribution in [0.15, 0.2) is 24.3 Å². The number of hydrogen-bond donors (Lipinski definition) is 3. The van der Waals surface area contributed by atoms with Gasteiger partial charge >= 0.3 is 0 Å². The molecule has 0 spiro atoms. The number of phenols is 1. The number of benzene rings is 1. The summed E-state index contributed by atoms with van der Waals surface area (Å²) < 4.78 is 0. The Morgan fingerprint density at radius 2 is 1.65 bits per heavy atom. The lowest BCUT2D eigenvalue weighted by Crippen LogP contribution is -2.35. The van der Waals surface area contributed by atoms with Gasteiger partial charge in [0, 0.05) is 27.9 Å². The van der Waals surface area contributed by atoms with Crippen LogP contribution in [-0.4, -0.2) is 44.9 Å². The second-order valence-corrected chi connectivity index (χ2v) is 10.4. The molecule has 0 bridgehead atoms. The Labute approximate surface area is 184 Å². The van der Waals surface area contributed by atoms with Crippen molar-refractivity contribution in [3.05, 3.63) is 57.9 Å². The summed E-state index contributed by atoms with van der Waals surface area (Å²) in [6, 6.07) is 6.77.